The summed E-state index contributed by atoms with van der Waals surface area (Å²) in [5.74, 6) is 0.638. The quantitative estimate of drug-likeness (QED) is 0.634. The molecule has 6 nitrogen and oxygen atoms in total. The van der Waals surface area contributed by atoms with Crippen LogP contribution < -0.4 is 10.0 Å². The lowest BCUT2D eigenvalue weighted by molar-refractivity contribution is 0.328. The molecule has 0 amide bonds. The SMILES string of the molecule is CCCNCc1ccc(S(=O)(=O)NCCN(C)C2CC2)o1. The molecule has 1 aromatic heterocycles. The van der Waals surface area contributed by atoms with E-state index in [1.54, 1.807) is 6.07 Å². The summed E-state index contributed by atoms with van der Waals surface area (Å²) >= 11 is 0. The molecule has 0 unspecified atom stereocenters. The number of furan rings is 1. The molecule has 2 N–H and O–H groups in total. The number of hydrogen-bond donors (Lipinski definition) is 2. The van der Waals surface area contributed by atoms with Gasteiger partial charge in [0.15, 0.2) is 0 Å². The Morgan fingerprint density at radius 2 is 2.10 bits per heavy atom. The van der Waals surface area contributed by atoms with Crippen LogP contribution in [0.4, 0.5) is 0 Å². The Bertz CT molecular complexity index is 537. The van der Waals surface area contributed by atoms with Gasteiger partial charge in [0.2, 0.25) is 5.09 Å². The molecule has 1 saturated carbocycles. The zero-order chi connectivity index (χ0) is 15.3. The highest BCUT2D eigenvalue weighted by Crippen LogP contribution is 2.24. The van der Waals surface area contributed by atoms with Crippen LogP contribution in [0.2, 0.25) is 0 Å². The fourth-order valence-corrected chi connectivity index (χ4v) is 3.08. The molecule has 7 heteroatoms. The molecule has 2 rings (SSSR count). The summed E-state index contributed by atoms with van der Waals surface area (Å²) in [5.41, 5.74) is 0. The molecule has 21 heavy (non-hydrogen) atoms. The van der Waals surface area contributed by atoms with Gasteiger partial charge in [0.25, 0.3) is 10.0 Å². The van der Waals surface area contributed by atoms with Crippen molar-refractivity contribution in [3.63, 3.8) is 0 Å². The monoisotopic (exact) mass is 315 g/mol. The lowest BCUT2D eigenvalue weighted by Gasteiger charge is -2.15. The summed E-state index contributed by atoms with van der Waals surface area (Å²) in [6.07, 6.45) is 3.47. The van der Waals surface area contributed by atoms with Crippen LogP contribution in [0.5, 0.6) is 0 Å². The second-order valence-corrected chi connectivity index (χ2v) is 7.20. The van der Waals surface area contributed by atoms with Crippen molar-refractivity contribution in [2.45, 2.75) is 43.9 Å². The molecular weight excluding hydrogens is 290 g/mol. The zero-order valence-electron chi connectivity index (χ0n) is 12.8. The van der Waals surface area contributed by atoms with Crippen molar-refractivity contribution >= 4 is 10.0 Å². The number of nitrogens with zero attached hydrogens (tertiary/aromatic N) is 1. The van der Waals surface area contributed by atoms with E-state index in [2.05, 4.69) is 21.9 Å². The molecule has 0 spiro atoms. The normalized spacial score (nSPS) is 15.8. The highest BCUT2D eigenvalue weighted by Gasteiger charge is 2.26. The van der Waals surface area contributed by atoms with Crippen LogP contribution in [0.25, 0.3) is 0 Å². The van der Waals surface area contributed by atoms with E-state index in [0.29, 0.717) is 24.9 Å². The van der Waals surface area contributed by atoms with Crippen LogP contribution in [0.3, 0.4) is 0 Å². The molecule has 1 fully saturated rings. The highest BCUT2D eigenvalue weighted by atomic mass is 32.2. The van der Waals surface area contributed by atoms with Crippen molar-refractivity contribution in [1.29, 1.82) is 0 Å². The molecule has 0 aromatic carbocycles. The lowest BCUT2D eigenvalue weighted by Crippen LogP contribution is -2.33. The van der Waals surface area contributed by atoms with Crippen LogP contribution in [-0.2, 0) is 16.6 Å². The first-order valence-electron chi connectivity index (χ1n) is 7.52. The van der Waals surface area contributed by atoms with Crippen LogP contribution in [0.1, 0.15) is 31.9 Å². The minimum Gasteiger partial charge on any atom is -0.447 e. The molecule has 1 aliphatic rings. The van der Waals surface area contributed by atoms with Gasteiger partial charge < -0.3 is 14.6 Å². The first-order valence-corrected chi connectivity index (χ1v) is 9.00. The van der Waals surface area contributed by atoms with Crippen molar-refractivity contribution in [2.75, 3.05) is 26.7 Å². The molecular formula is C14H25N3O3S. The van der Waals surface area contributed by atoms with Gasteiger partial charge in [-0.2, -0.15) is 0 Å². The van der Waals surface area contributed by atoms with Gasteiger partial charge >= 0.3 is 0 Å². The summed E-state index contributed by atoms with van der Waals surface area (Å²) in [6.45, 7) is 4.63. The van der Waals surface area contributed by atoms with Crippen molar-refractivity contribution in [3.05, 3.63) is 17.9 Å². The van der Waals surface area contributed by atoms with Crippen molar-refractivity contribution in [1.82, 2.24) is 14.9 Å². The van der Waals surface area contributed by atoms with Gasteiger partial charge in [0.1, 0.15) is 5.76 Å². The smallest absolute Gasteiger partial charge is 0.274 e. The minimum absolute atomic E-state index is 0.00938. The van der Waals surface area contributed by atoms with Gasteiger partial charge in [-0.1, -0.05) is 6.92 Å². The molecule has 0 aliphatic heterocycles. The van der Waals surface area contributed by atoms with Gasteiger partial charge in [-0.15, -0.1) is 0 Å². The fraction of sp³-hybridized carbons (Fsp3) is 0.714. The fourth-order valence-electron chi connectivity index (χ4n) is 2.11. The summed E-state index contributed by atoms with van der Waals surface area (Å²) in [6, 6.07) is 3.85. The molecule has 0 bridgehead atoms. The number of sulfonamides is 1. The van der Waals surface area contributed by atoms with E-state index in [0.717, 1.165) is 19.5 Å². The molecule has 0 atom stereocenters. The Morgan fingerprint density at radius 3 is 2.76 bits per heavy atom. The molecule has 1 heterocycles. The van der Waals surface area contributed by atoms with Crippen molar-refractivity contribution in [3.8, 4) is 0 Å². The number of nitrogens with one attached hydrogen (secondary N) is 2. The molecule has 1 aliphatic carbocycles. The van der Waals surface area contributed by atoms with Crippen molar-refractivity contribution in [2.24, 2.45) is 0 Å². The van der Waals surface area contributed by atoms with E-state index in [1.807, 2.05) is 7.05 Å². The highest BCUT2D eigenvalue weighted by molar-refractivity contribution is 7.89. The third kappa shape index (κ3) is 5.10. The summed E-state index contributed by atoms with van der Waals surface area (Å²) < 4.78 is 32.2. The molecule has 0 saturated heterocycles. The number of rotatable bonds is 10. The van der Waals surface area contributed by atoms with E-state index in [9.17, 15) is 8.42 Å². The predicted molar refractivity (Wildman–Crippen MR) is 81.5 cm³/mol. The summed E-state index contributed by atoms with van der Waals surface area (Å²) in [7, 11) is -1.52. The van der Waals surface area contributed by atoms with Gasteiger partial charge in [-0.05, 0) is 45.0 Å². The Balaban J connectivity index is 1.80. The lowest BCUT2D eigenvalue weighted by atomic mass is 10.4. The Labute approximate surface area is 126 Å². The first-order chi connectivity index (χ1) is 10.0. The van der Waals surface area contributed by atoms with Gasteiger partial charge in [-0.3, -0.25) is 0 Å². The maximum absolute atomic E-state index is 12.1. The zero-order valence-corrected chi connectivity index (χ0v) is 13.6. The van der Waals surface area contributed by atoms with E-state index < -0.39 is 10.0 Å². The Morgan fingerprint density at radius 1 is 1.33 bits per heavy atom. The van der Waals surface area contributed by atoms with Crippen molar-refractivity contribution < 1.29 is 12.8 Å². The Kier molecular flexibility index (Phi) is 5.80. The van der Waals surface area contributed by atoms with Crippen LogP contribution in [0.15, 0.2) is 21.6 Å². The maximum Gasteiger partial charge on any atom is 0.274 e. The average molecular weight is 315 g/mol. The average Bonchev–Trinajstić information content (AvgIpc) is 3.18. The second-order valence-electron chi connectivity index (χ2n) is 5.51. The molecule has 0 radical (unpaired) electrons. The second kappa shape index (κ2) is 7.40. The minimum atomic E-state index is -3.54. The van der Waals surface area contributed by atoms with Gasteiger partial charge in [0, 0.05) is 19.1 Å². The third-order valence-electron chi connectivity index (χ3n) is 3.55. The van der Waals surface area contributed by atoms with Gasteiger partial charge in [0.05, 0.1) is 6.54 Å². The summed E-state index contributed by atoms with van der Waals surface area (Å²) in [5, 5.41) is 3.17. The predicted octanol–water partition coefficient (Wildman–Crippen LogP) is 1.15. The van der Waals surface area contributed by atoms with Crippen LogP contribution >= 0.6 is 0 Å². The van der Waals surface area contributed by atoms with Crippen LogP contribution in [-0.4, -0.2) is 46.0 Å². The van der Waals surface area contributed by atoms with E-state index >= 15 is 0 Å². The number of hydrogen-bond acceptors (Lipinski definition) is 5. The van der Waals surface area contributed by atoms with E-state index in [1.165, 1.54) is 18.9 Å². The van der Waals surface area contributed by atoms with Gasteiger partial charge in [-0.25, -0.2) is 13.1 Å². The largest absolute Gasteiger partial charge is 0.447 e. The standard InChI is InChI=1S/C14H25N3O3S/c1-3-8-15-11-13-6-7-14(20-13)21(18,19)16-9-10-17(2)12-4-5-12/h6-7,12,15-16H,3-5,8-11H2,1-2H3. The van der Waals surface area contributed by atoms with E-state index in [-0.39, 0.29) is 5.09 Å². The van der Waals surface area contributed by atoms with E-state index in [4.69, 9.17) is 4.42 Å². The molecule has 120 valence electrons. The topological polar surface area (TPSA) is 74.6 Å². The molecule has 1 aromatic rings. The third-order valence-corrected chi connectivity index (χ3v) is 4.89. The first kappa shape index (κ1) is 16.5. The Hall–Kier alpha value is -0.890. The number of likely N-dealkylation sites (N-methyl/N-ethyl adjacent to an activating group) is 1. The maximum atomic E-state index is 12.1. The van der Waals surface area contributed by atoms with Crippen LogP contribution in [0, 0.1) is 0 Å². The summed E-state index contributed by atoms with van der Waals surface area (Å²) in [4.78, 5) is 2.19.